The highest BCUT2D eigenvalue weighted by molar-refractivity contribution is 5.90. The molecule has 0 aliphatic carbocycles. The van der Waals surface area contributed by atoms with Crippen molar-refractivity contribution in [2.45, 2.75) is 25.4 Å². The zero-order valence-electron chi connectivity index (χ0n) is 17.0. The van der Waals surface area contributed by atoms with Crippen LogP contribution in [-0.2, 0) is 5.41 Å². The van der Waals surface area contributed by atoms with Gasteiger partial charge in [-0.2, -0.15) is 13.2 Å². The van der Waals surface area contributed by atoms with E-state index in [1.807, 2.05) is 0 Å². The maximum atomic E-state index is 15.3. The van der Waals surface area contributed by atoms with Gasteiger partial charge in [-0.3, -0.25) is 0 Å². The lowest BCUT2D eigenvalue weighted by molar-refractivity contribution is -0.166. The summed E-state index contributed by atoms with van der Waals surface area (Å²) in [5, 5.41) is 22.0. The molecule has 5 heteroatoms. The van der Waals surface area contributed by atoms with E-state index >= 15 is 13.2 Å². The number of hydrogen-bond acceptors (Lipinski definition) is 2. The summed E-state index contributed by atoms with van der Waals surface area (Å²) in [5.41, 5.74) is -2.29. The molecule has 1 unspecified atom stereocenters. The Morgan fingerprint density at radius 2 is 1.26 bits per heavy atom. The quantitative estimate of drug-likeness (QED) is 0.358. The largest absolute Gasteiger partial charge is 0.508 e. The Morgan fingerprint density at radius 1 is 0.677 bits per heavy atom. The van der Waals surface area contributed by atoms with Gasteiger partial charge in [-0.15, -0.1) is 0 Å². The van der Waals surface area contributed by atoms with Gasteiger partial charge in [0.2, 0.25) is 0 Å². The Bertz CT molecular complexity index is 1240. The van der Waals surface area contributed by atoms with Crippen molar-refractivity contribution in [3.8, 4) is 11.5 Å². The number of rotatable bonds is 3. The average molecular weight is 422 g/mol. The van der Waals surface area contributed by atoms with Gasteiger partial charge in [0, 0.05) is 5.56 Å². The number of aromatic hydroxyl groups is 2. The molecule has 158 valence electrons. The van der Waals surface area contributed by atoms with Crippen LogP contribution in [-0.4, -0.2) is 16.4 Å². The van der Waals surface area contributed by atoms with Gasteiger partial charge in [0.25, 0.3) is 0 Å². The van der Waals surface area contributed by atoms with Crippen LogP contribution in [0.3, 0.4) is 0 Å². The molecule has 0 fully saturated rings. The fourth-order valence-electron chi connectivity index (χ4n) is 4.44. The summed E-state index contributed by atoms with van der Waals surface area (Å²) in [6.45, 7) is 3.14. The molecule has 31 heavy (non-hydrogen) atoms. The molecule has 0 aliphatic rings. The zero-order chi connectivity index (χ0) is 22.4. The molecule has 0 aromatic heterocycles. The van der Waals surface area contributed by atoms with Crippen molar-refractivity contribution in [1.29, 1.82) is 0 Å². The summed E-state index contributed by atoms with van der Waals surface area (Å²) in [6.07, 6.45) is -4.80. The van der Waals surface area contributed by atoms with E-state index in [1.54, 1.807) is 62.4 Å². The van der Waals surface area contributed by atoms with E-state index in [1.165, 1.54) is 30.3 Å². The Labute approximate surface area is 178 Å². The summed E-state index contributed by atoms with van der Waals surface area (Å²) in [5.74, 6) is -0.488. The van der Waals surface area contributed by atoms with Crippen molar-refractivity contribution in [2.24, 2.45) is 0 Å². The lowest BCUT2D eigenvalue weighted by Crippen LogP contribution is -2.45. The normalized spacial score (nSPS) is 13.8. The topological polar surface area (TPSA) is 40.5 Å². The molecule has 4 aromatic rings. The van der Waals surface area contributed by atoms with Gasteiger partial charge in [0.05, 0.1) is 0 Å². The van der Waals surface area contributed by atoms with E-state index < -0.39 is 17.3 Å². The Morgan fingerprint density at radius 3 is 1.87 bits per heavy atom. The summed E-state index contributed by atoms with van der Waals surface area (Å²) in [4.78, 5) is 0. The highest BCUT2D eigenvalue weighted by atomic mass is 19.4. The van der Waals surface area contributed by atoms with Gasteiger partial charge in [-0.05, 0) is 52.9 Å². The first-order valence-corrected chi connectivity index (χ1v) is 9.82. The zero-order valence-corrected chi connectivity index (χ0v) is 17.0. The number of alkyl halides is 3. The first-order valence-electron chi connectivity index (χ1n) is 9.82. The van der Waals surface area contributed by atoms with Gasteiger partial charge in [0.15, 0.2) is 0 Å². The molecule has 2 nitrogen and oxygen atoms in total. The molecule has 0 radical (unpaired) electrons. The number of fused-ring (bicyclic) bond motifs is 1. The minimum Gasteiger partial charge on any atom is -0.508 e. The number of phenols is 2. The molecule has 0 bridgehead atoms. The van der Waals surface area contributed by atoms with Crippen molar-refractivity contribution < 1.29 is 23.4 Å². The number of halogens is 3. The van der Waals surface area contributed by atoms with Crippen LogP contribution in [0.2, 0.25) is 0 Å². The highest BCUT2D eigenvalue weighted by Gasteiger charge is 2.60. The van der Waals surface area contributed by atoms with Crippen molar-refractivity contribution in [1.82, 2.24) is 0 Å². The Hall–Kier alpha value is -3.47. The summed E-state index contributed by atoms with van der Waals surface area (Å²) >= 11 is 0. The average Bonchev–Trinajstić information content (AvgIpc) is 2.73. The summed E-state index contributed by atoms with van der Waals surface area (Å²) in [6, 6.07) is 19.9. The standard InChI is InChI=1S/C26H21F3O2/c1-16-14-20(15-17(2)24(16)31)25(26(27,28)29,19-9-4-3-5-10-19)23-21-11-7-6-8-18(21)12-13-22(23)30/h3-15,30-31H,1-2H3. The van der Waals surface area contributed by atoms with Crippen molar-refractivity contribution in [3.05, 3.63) is 107 Å². The molecule has 0 saturated carbocycles. The molecule has 2 N–H and O–H groups in total. The van der Waals surface area contributed by atoms with E-state index in [-0.39, 0.29) is 22.4 Å². The molecule has 0 saturated heterocycles. The second-order valence-corrected chi connectivity index (χ2v) is 7.75. The Kier molecular flexibility index (Phi) is 4.92. The van der Waals surface area contributed by atoms with E-state index in [4.69, 9.17) is 0 Å². The van der Waals surface area contributed by atoms with Crippen LogP contribution in [0, 0.1) is 13.8 Å². The molecule has 4 aromatic carbocycles. The van der Waals surface area contributed by atoms with Crippen LogP contribution in [0.15, 0.2) is 78.9 Å². The van der Waals surface area contributed by atoms with E-state index in [0.717, 1.165) is 0 Å². The predicted molar refractivity (Wildman–Crippen MR) is 116 cm³/mol. The maximum Gasteiger partial charge on any atom is 0.406 e. The van der Waals surface area contributed by atoms with Crippen LogP contribution in [0.25, 0.3) is 10.8 Å². The van der Waals surface area contributed by atoms with Gasteiger partial charge in [0.1, 0.15) is 16.9 Å². The predicted octanol–water partition coefficient (Wildman–Crippen LogP) is 6.76. The van der Waals surface area contributed by atoms with E-state index in [9.17, 15) is 10.2 Å². The third-order valence-electron chi connectivity index (χ3n) is 5.84. The molecular weight excluding hydrogens is 401 g/mol. The maximum absolute atomic E-state index is 15.3. The number of aryl methyl sites for hydroxylation is 2. The van der Waals surface area contributed by atoms with Gasteiger partial charge >= 0.3 is 6.18 Å². The fraction of sp³-hybridized carbons (Fsp3) is 0.154. The highest BCUT2D eigenvalue weighted by Crippen LogP contribution is 2.55. The van der Waals surface area contributed by atoms with E-state index in [0.29, 0.717) is 21.9 Å². The SMILES string of the molecule is Cc1cc(C(c2ccccc2)(c2c(O)ccc3ccccc23)C(F)(F)F)cc(C)c1O. The van der Waals surface area contributed by atoms with Crippen molar-refractivity contribution >= 4 is 10.8 Å². The molecule has 0 spiro atoms. The second-order valence-electron chi connectivity index (χ2n) is 7.75. The van der Waals surface area contributed by atoms with Crippen LogP contribution in [0.1, 0.15) is 27.8 Å². The summed E-state index contributed by atoms with van der Waals surface area (Å²) < 4.78 is 46.0. The third-order valence-corrected chi connectivity index (χ3v) is 5.84. The van der Waals surface area contributed by atoms with Crippen LogP contribution in [0.5, 0.6) is 11.5 Å². The molecule has 1 atom stereocenters. The van der Waals surface area contributed by atoms with Gasteiger partial charge in [-0.1, -0.05) is 72.8 Å². The first-order chi connectivity index (χ1) is 14.7. The fourth-order valence-corrected chi connectivity index (χ4v) is 4.44. The molecular formula is C26H21F3O2. The monoisotopic (exact) mass is 422 g/mol. The van der Waals surface area contributed by atoms with Gasteiger partial charge < -0.3 is 10.2 Å². The third kappa shape index (κ3) is 3.12. The van der Waals surface area contributed by atoms with Crippen LogP contribution < -0.4 is 0 Å². The van der Waals surface area contributed by atoms with E-state index in [2.05, 4.69) is 0 Å². The minimum atomic E-state index is -4.80. The number of hydrogen-bond donors (Lipinski definition) is 2. The van der Waals surface area contributed by atoms with Crippen molar-refractivity contribution in [2.75, 3.05) is 0 Å². The molecule has 4 rings (SSSR count). The van der Waals surface area contributed by atoms with Gasteiger partial charge in [-0.25, -0.2) is 0 Å². The second kappa shape index (κ2) is 7.34. The molecule has 0 amide bonds. The van der Waals surface area contributed by atoms with Crippen molar-refractivity contribution in [3.63, 3.8) is 0 Å². The minimum absolute atomic E-state index is 0.0151. The lowest BCUT2D eigenvalue weighted by atomic mass is 9.66. The molecule has 0 heterocycles. The van der Waals surface area contributed by atoms with Crippen LogP contribution in [0.4, 0.5) is 13.2 Å². The number of phenolic OH excluding ortho intramolecular Hbond substituents is 2. The molecule has 0 aliphatic heterocycles. The van der Waals surface area contributed by atoms with Crippen LogP contribution >= 0.6 is 0 Å². The summed E-state index contributed by atoms with van der Waals surface area (Å²) in [7, 11) is 0. The Balaban J connectivity index is 2.28. The number of benzene rings is 4. The first kappa shape index (κ1) is 20.8. The smallest absolute Gasteiger partial charge is 0.406 e. The lowest BCUT2D eigenvalue weighted by Gasteiger charge is -2.39.